The Morgan fingerprint density at radius 2 is 2.00 bits per heavy atom. The van der Waals surface area contributed by atoms with Crippen molar-refractivity contribution in [1.82, 2.24) is 5.32 Å². The summed E-state index contributed by atoms with van der Waals surface area (Å²) < 4.78 is 36.0. The highest BCUT2D eigenvalue weighted by Gasteiger charge is 2.23. The Hall–Kier alpha value is -1.14. The molecule has 1 fully saturated rings. The molecule has 1 aliphatic heterocycles. The predicted molar refractivity (Wildman–Crippen MR) is 70.0 cm³/mol. The zero-order valence-corrected chi connectivity index (χ0v) is 11.1. The fourth-order valence-corrected chi connectivity index (χ4v) is 3.35. The highest BCUT2D eigenvalue weighted by Crippen LogP contribution is 2.23. The van der Waals surface area contributed by atoms with Gasteiger partial charge in [0.05, 0.1) is 11.5 Å². The lowest BCUT2D eigenvalue weighted by Crippen LogP contribution is -2.40. The van der Waals surface area contributed by atoms with E-state index >= 15 is 0 Å². The summed E-state index contributed by atoms with van der Waals surface area (Å²) in [6.45, 7) is 1.52. The smallest absolute Gasteiger partial charge is 0.153 e. The fraction of sp³-hybridized carbons (Fsp3) is 0.500. The quantitative estimate of drug-likeness (QED) is 0.883. The van der Waals surface area contributed by atoms with E-state index in [9.17, 15) is 12.8 Å². The van der Waals surface area contributed by atoms with Crippen LogP contribution in [0.5, 0.6) is 0 Å². The second kappa shape index (κ2) is 5.24. The lowest BCUT2D eigenvalue weighted by molar-refractivity contribution is 0.586. The molecule has 4 nitrogen and oxygen atoms in total. The number of hydrogen-bond acceptors (Lipinski definition) is 4. The molecule has 0 unspecified atom stereocenters. The average Bonchev–Trinajstić information content (AvgIpc) is 2.31. The van der Waals surface area contributed by atoms with Crippen molar-refractivity contribution >= 4 is 15.5 Å². The Kier molecular flexibility index (Phi) is 3.87. The van der Waals surface area contributed by atoms with Crippen LogP contribution < -0.4 is 10.2 Å². The largest absolute Gasteiger partial charge is 0.369 e. The number of nitrogens with one attached hydrogen (secondary N) is 1. The van der Waals surface area contributed by atoms with Gasteiger partial charge in [0.25, 0.3) is 0 Å². The number of halogens is 1. The predicted octanol–water partition coefficient (Wildman–Crippen LogP) is 0.780. The van der Waals surface area contributed by atoms with E-state index in [2.05, 4.69) is 5.32 Å². The van der Waals surface area contributed by atoms with Crippen LogP contribution in [0.3, 0.4) is 0 Å². The molecule has 0 radical (unpaired) electrons. The molecule has 1 saturated heterocycles. The second-order valence-electron chi connectivity index (χ2n) is 4.44. The monoisotopic (exact) mass is 272 g/mol. The molecule has 2 rings (SSSR count). The summed E-state index contributed by atoms with van der Waals surface area (Å²) in [5.74, 6) is 0.0702. The third kappa shape index (κ3) is 3.00. The minimum Gasteiger partial charge on any atom is -0.369 e. The molecule has 1 aromatic rings. The third-order valence-corrected chi connectivity index (χ3v) is 4.70. The minimum atomic E-state index is -2.89. The van der Waals surface area contributed by atoms with Crippen LogP contribution in [0.2, 0.25) is 0 Å². The third-order valence-electron chi connectivity index (χ3n) is 3.09. The molecule has 0 atom stereocenters. The Morgan fingerprint density at radius 3 is 2.61 bits per heavy atom. The molecule has 1 N–H and O–H groups in total. The molecule has 0 aromatic heterocycles. The van der Waals surface area contributed by atoms with Crippen molar-refractivity contribution in [2.75, 3.05) is 36.5 Å². The zero-order chi connectivity index (χ0) is 13.2. The van der Waals surface area contributed by atoms with Crippen molar-refractivity contribution in [3.8, 4) is 0 Å². The zero-order valence-electron chi connectivity index (χ0n) is 10.3. The maximum absolute atomic E-state index is 13.2. The van der Waals surface area contributed by atoms with E-state index in [1.165, 1.54) is 12.1 Å². The molecule has 0 saturated carbocycles. The van der Waals surface area contributed by atoms with Crippen molar-refractivity contribution in [3.63, 3.8) is 0 Å². The molecule has 0 spiro atoms. The Bertz CT molecular complexity index is 517. The molecule has 18 heavy (non-hydrogen) atoms. The summed E-state index contributed by atoms with van der Waals surface area (Å²) in [5.41, 5.74) is 1.78. The van der Waals surface area contributed by atoms with Gasteiger partial charge in [-0.25, -0.2) is 12.8 Å². The van der Waals surface area contributed by atoms with Crippen molar-refractivity contribution < 1.29 is 12.8 Å². The number of anilines is 1. The molecule has 0 bridgehead atoms. The number of benzene rings is 1. The van der Waals surface area contributed by atoms with E-state index in [-0.39, 0.29) is 17.3 Å². The minimum absolute atomic E-state index is 0.170. The van der Waals surface area contributed by atoms with E-state index < -0.39 is 9.84 Å². The maximum Gasteiger partial charge on any atom is 0.153 e. The van der Waals surface area contributed by atoms with Crippen molar-refractivity contribution in [2.45, 2.75) is 6.54 Å². The first-order valence-corrected chi connectivity index (χ1v) is 7.72. The van der Waals surface area contributed by atoms with Crippen LogP contribution in [0.4, 0.5) is 10.1 Å². The number of hydrogen-bond donors (Lipinski definition) is 1. The van der Waals surface area contributed by atoms with Crippen LogP contribution in [0.15, 0.2) is 18.2 Å². The SMILES string of the molecule is CNCc1cc(F)ccc1N1CCS(=O)(=O)CC1. The molecule has 100 valence electrons. The Labute approximate surface area is 107 Å². The number of sulfone groups is 1. The number of rotatable bonds is 3. The van der Waals surface area contributed by atoms with Crippen molar-refractivity contribution in [1.29, 1.82) is 0 Å². The average molecular weight is 272 g/mol. The van der Waals surface area contributed by atoms with Gasteiger partial charge in [0, 0.05) is 25.3 Å². The molecule has 0 aliphatic carbocycles. The molecular formula is C12H17FN2O2S. The molecule has 0 amide bonds. The Balaban J connectivity index is 2.23. The van der Waals surface area contributed by atoms with E-state index in [0.29, 0.717) is 19.6 Å². The van der Waals surface area contributed by atoms with E-state index in [1.54, 1.807) is 13.1 Å². The van der Waals surface area contributed by atoms with Crippen LogP contribution in [-0.2, 0) is 16.4 Å². The van der Waals surface area contributed by atoms with E-state index in [1.807, 2.05) is 4.90 Å². The van der Waals surface area contributed by atoms with Gasteiger partial charge in [-0.3, -0.25) is 0 Å². The normalized spacial score (nSPS) is 18.9. The molecule has 1 aromatic carbocycles. The van der Waals surface area contributed by atoms with E-state index in [4.69, 9.17) is 0 Å². The van der Waals surface area contributed by atoms with Gasteiger partial charge in [-0.15, -0.1) is 0 Å². The summed E-state index contributed by atoms with van der Waals surface area (Å²) >= 11 is 0. The summed E-state index contributed by atoms with van der Waals surface area (Å²) in [4.78, 5) is 2.01. The lowest BCUT2D eigenvalue weighted by Gasteiger charge is -2.30. The van der Waals surface area contributed by atoms with E-state index in [0.717, 1.165) is 11.3 Å². The Morgan fingerprint density at radius 1 is 1.33 bits per heavy atom. The van der Waals surface area contributed by atoms with Crippen molar-refractivity contribution in [3.05, 3.63) is 29.6 Å². The van der Waals surface area contributed by atoms with Crippen LogP contribution >= 0.6 is 0 Å². The van der Waals surface area contributed by atoms with Gasteiger partial charge in [0.1, 0.15) is 5.82 Å². The molecule has 1 heterocycles. The van der Waals surface area contributed by atoms with Crippen LogP contribution in [0, 0.1) is 5.82 Å². The van der Waals surface area contributed by atoms with Crippen LogP contribution in [0.1, 0.15) is 5.56 Å². The summed E-state index contributed by atoms with van der Waals surface area (Å²) in [5, 5.41) is 3.00. The first kappa shape index (κ1) is 13.3. The molecular weight excluding hydrogens is 255 g/mol. The summed E-state index contributed by atoms with van der Waals surface area (Å²) in [6, 6.07) is 4.63. The van der Waals surface area contributed by atoms with Gasteiger partial charge in [0.2, 0.25) is 0 Å². The first-order valence-electron chi connectivity index (χ1n) is 5.90. The van der Waals surface area contributed by atoms with Gasteiger partial charge in [-0.2, -0.15) is 0 Å². The lowest BCUT2D eigenvalue weighted by atomic mass is 10.1. The summed E-state index contributed by atoms with van der Waals surface area (Å²) in [7, 11) is -1.09. The van der Waals surface area contributed by atoms with Crippen LogP contribution in [0.25, 0.3) is 0 Å². The van der Waals surface area contributed by atoms with Crippen LogP contribution in [-0.4, -0.2) is 40.1 Å². The summed E-state index contributed by atoms with van der Waals surface area (Å²) in [6.07, 6.45) is 0. The van der Waals surface area contributed by atoms with Gasteiger partial charge in [-0.1, -0.05) is 0 Å². The maximum atomic E-state index is 13.2. The highest BCUT2D eigenvalue weighted by atomic mass is 32.2. The first-order chi connectivity index (χ1) is 8.52. The molecule has 6 heteroatoms. The highest BCUT2D eigenvalue weighted by molar-refractivity contribution is 7.91. The second-order valence-corrected chi connectivity index (χ2v) is 6.75. The number of nitrogens with zero attached hydrogens (tertiary/aromatic N) is 1. The topological polar surface area (TPSA) is 49.4 Å². The van der Waals surface area contributed by atoms with Crippen molar-refractivity contribution in [2.24, 2.45) is 0 Å². The van der Waals surface area contributed by atoms with Gasteiger partial charge in [-0.05, 0) is 30.8 Å². The van der Waals surface area contributed by atoms with Gasteiger partial charge in [0.15, 0.2) is 9.84 Å². The fourth-order valence-electron chi connectivity index (χ4n) is 2.15. The molecule has 1 aliphatic rings. The standard InChI is InChI=1S/C12H17FN2O2S/c1-14-9-10-8-11(13)2-3-12(10)15-4-6-18(16,17)7-5-15/h2-3,8,14H,4-7,9H2,1H3. The van der Waals surface area contributed by atoms with Gasteiger partial charge < -0.3 is 10.2 Å². The van der Waals surface area contributed by atoms with Gasteiger partial charge >= 0.3 is 0 Å².